The summed E-state index contributed by atoms with van der Waals surface area (Å²) in [5.41, 5.74) is 3.93. The van der Waals surface area contributed by atoms with E-state index in [1.54, 1.807) is 29.2 Å². The number of hydrogen-bond donors (Lipinski definition) is 4. The second kappa shape index (κ2) is 8.86. The number of hydrazine groups is 1. The number of amides is 2. The quantitative estimate of drug-likeness (QED) is 0.298. The van der Waals surface area contributed by atoms with Crippen molar-refractivity contribution in [2.24, 2.45) is 0 Å². The fraction of sp³-hybridized carbons (Fsp3) is 0.280. The Balaban J connectivity index is 1.32. The monoisotopic (exact) mass is 521 g/mol. The molecule has 1 aromatic carbocycles. The summed E-state index contributed by atoms with van der Waals surface area (Å²) in [5.74, 6) is 3.44. The van der Waals surface area contributed by atoms with Crippen LogP contribution in [0.3, 0.4) is 0 Å². The number of anilines is 4. The van der Waals surface area contributed by atoms with Gasteiger partial charge >= 0.3 is 12.2 Å². The van der Waals surface area contributed by atoms with Crippen molar-refractivity contribution in [1.29, 1.82) is 0 Å². The van der Waals surface area contributed by atoms with Gasteiger partial charge in [-0.1, -0.05) is 24.1 Å². The number of nitrogens with zero attached hydrogens (tertiary/aromatic N) is 5. The van der Waals surface area contributed by atoms with Crippen LogP contribution in [0, 0.1) is 12.3 Å². The van der Waals surface area contributed by atoms with Crippen molar-refractivity contribution >= 4 is 29.3 Å². The third-order valence-corrected chi connectivity index (χ3v) is 6.80. The van der Waals surface area contributed by atoms with Gasteiger partial charge in [-0.3, -0.25) is 10.2 Å². The maximum atomic E-state index is 13.6. The molecule has 3 aromatic rings. The van der Waals surface area contributed by atoms with Crippen LogP contribution in [0.5, 0.6) is 0 Å². The van der Waals surface area contributed by atoms with Crippen molar-refractivity contribution in [2.75, 3.05) is 40.1 Å². The van der Waals surface area contributed by atoms with Crippen molar-refractivity contribution in [3.8, 4) is 23.6 Å². The Bertz CT molecular complexity index is 1450. The molecule has 0 spiro atoms. The molecular weight excluding hydrogens is 499 g/mol. The average Bonchev–Trinajstić information content (AvgIpc) is 3.64. The van der Waals surface area contributed by atoms with Gasteiger partial charge in [0.2, 0.25) is 11.6 Å². The van der Waals surface area contributed by atoms with E-state index in [1.807, 2.05) is 6.07 Å². The zero-order valence-electron chi connectivity index (χ0n) is 19.9. The molecule has 38 heavy (non-hydrogen) atoms. The number of terminal acetylenes is 1. The first-order chi connectivity index (χ1) is 18.3. The van der Waals surface area contributed by atoms with Gasteiger partial charge < -0.3 is 10.2 Å². The predicted octanol–water partition coefficient (Wildman–Crippen LogP) is 3.04. The summed E-state index contributed by atoms with van der Waals surface area (Å²) in [6.45, 7) is 1.65. The highest BCUT2D eigenvalue weighted by molar-refractivity contribution is 6.04. The van der Waals surface area contributed by atoms with Gasteiger partial charge in [0.15, 0.2) is 5.82 Å². The van der Waals surface area contributed by atoms with E-state index < -0.39 is 17.9 Å². The van der Waals surface area contributed by atoms with Gasteiger partial charge in [0.1, 0.15) is 5.82 Å². The minimum absolute atomic E-state index is 0.0263. The van der Waals surface area contributed by atoms with Crippen molar-refractivity contribution in [1.82, 2.24) is 25.8 Å². The van der Waals surface area contributed by atoms with Crippen molar-refractivity contribution in [3.63, 3.8) is 0 Å². The highest BCUT2D eigenvalue weighted by Gasteiger charge is 2.65. The minimum Gasteiger partial charge on any atom is -0.366 e. The number of halogens is 3. The number of hydrogen-bond acceptors (Lipinski definition) is 8. The zero-order chi connectivity index (χ0) is 26.5. The smallest absolute Gasteiger partial charge is 0.366 e. The minimum atomic E-state index is -4.52. The number of carbonyl (C=O) groups is 1. The molecule has 2 aromatic heterocycles. The maximum Gasteiger partial charge on any atom is 0.426 e. The second-order valence-electron chi connectivity index (χ2n) is 9.13. The molecule has 194 valence electrons. The van der Waals surface area contributed by atoms with Crippen LogP contribution in [0.1, 0.15) is 12.0 Å². The zero-order valence-corrected chi connectivity index (χ0v) is 19.9. The average molecular weight is 522 g/mol. The van der Waals surface area contributed by atoms with Crippen LogP contribution >= 0.6 is 0 Å². The Labute approximate surface area is 215 Å². The number of rotatable bonds is 5. The standard InChI is InChI=1S/C25H22F3N9O/c1-2-10-29-22-30-11-8-20(32-22)33-23(38)37-17-9-12-36(14-17)19-7-6-18(31-21(19)37)15-4-3-5-16(13-15)24(34-35-24)25(26,27)28/h1,3-8,11,13,17,34-35H,9-10,12,14H2,(H2,29,30,32,33,38)/t17-/m0/s1. The molecule has 2 saturated heterocycles. The molecular formula is C25H22F3N9O. The van der Waals surface area contributed by atoms with E-state index in [1.165, 1.54) is 18.3 Å². The molecule has 5 heterocycles. The molecule has 13 heteroatoms. The molecule has 1 atom stereocenters. The van der Waals surface area contributed by atoms with Crippen molar-refractivity contribution in [2.45, 2.75) is 24.3 Å². The number of urea groups is 1. The Kier molecular flexibility index (Phi) is 5.59. The van der Waals surface area contributed by atoms with E-state index >= 15 is 0 Å². The van der Waals surface area contributed by atoms with Crippen LogP contribution in [0.4, 0.5) is 41.2 Å². The molecule has 10 nitrogen and oxygen atoms in total. The topological polar surface area (TPSA) is 130 Å². The van der Waals surface area contributed by atoms with E-state index in [0.29, 0.717) is 23.6 Å². The second-order valence-corrected chi connectivity index (χ2v) is 9.13. The number of pyridine rings is 1. The maximum absolute atomic E-state index is 13.6. The number of carbonyl (C=O) groups excluding carboxylic acids is 1. The van der Waals surface area contributed by atoms with Gasteiger partial charge in [0.05, 0.1) is 24.0 Å². The van der Waals surface area contributed by atoms with Gasteiger partial charge in [-0.25, -0.2) is 25.6 Å². The number of alkyl halides is 3. The molecule has 2 fully saturated rings. The molecule has 0 saturated carbocycles. The number of aromatic nitrogens is 3. The largest absolute Gasteiger partial charge is 0.426 e. The van der Waals surface area contributed by atoms with Gasteiger partial charge in [0.25, 0.3) is 0 Å². The van der Waals surface area contributed by atoms with Crippen molar-refractivity contribution in [3.05, 3.63) is 54.2 Å². The molecule has 3 aliphatic rings. The van der Waals surface area contributed by atoms with Gasteiger partial charge in [-0.15, -0.1) is 6.42 Å². The number of fused-ring (bicyclic) bond motifs is 4. The first-order valence-corrected chi connectivity index (χ1v) is 11.9. The molecule has 2 amide bonds. The molecule has 3 aliphatic heterocycles. The third-order valence-electron chi connectivity index (χ3n) is 6.80. The van der Waals surface area contributed by atoms with Gasteiger partial charge in [-0.2, -0.15) is 18.2 Å². The van der Waals surface area contributed by atoms with Crippen LogP contribution < -0.4 is 31.3 Å². The fourth-order valence-electron chi connectivity index (χ4n) is 4.87. The van der Waals surface area contributed by atoms with Gasteiger partial charge in [-0.05, 0) is 36.2 Å². The third kappa shape index (κ3) is 4.04. The Hall–Kier alpha value is -4.41. The Morgan fingerprint density at radius 1 is 1.21 bits per heavy atom. The number of nitrogens with one attached hydrogen (secondary N) is 4. The Morgan fingerprint density at radius 2 is 2.05 bits per heavy atom. The summed E-state index contributed by atoms with van der Waals surface area (Å²) in [7, 11) is 0. The molecule has 2 bridgehead atoms. The summed E-state index contributed by atoms with van der Waals surface area (Å²) in [5, 5.41) is 5.67. The molecule has 4 N–H and O–H groups in total. The van der Waals surface area contributed by atoms with E-state index in [4.69, 9.17) is 11.4 Å². The first kappa shape index (κ1) is 24.0. The lowest BCUT2D eigenvalue weighted by Gasteiger charge is -2.35. The summed E-state index contributed by atoms with van der Waals surface area (Å²) < 4.78 is 40.9. The fourth-order valence-corrected chi connectivity index (χ4v) is 4.87. The summed E-state index contributed by atoms with van der Waals surface area (Å²) in [4.78, 5) is 30.4. The lowest BCUT2D eigenvalue weighted by Crippen LogP contribution is -2.48. The lowest BCUT2D eigenvalue weighted by molar-refractivity contribution is -0.165. The summed E-state index contributed by atoms with van der Waals surface area (Å²) in [6, 6.07) is 10.7. The normalized spacial score (nSPS) is 18.9. The van der Waals surface area contributed by atoms with E-state index in [9.17, 15) is 18.0 Å². The van der Waals surface area contributed by atoms with Crippen molar-refractivity contribution < 1.29 is 18.0 Å². The van der Waals surface area contributed by atoms with E-state index in [2.05, 4.69) is 42.3 Å². The van der Waals surface area contributed by atoms with E-state index in [-0.39, 0.29) is 29.9 Å². The Morgan fingerprint density at radius 3 is 2.82 bits per heavy atom. The van der Waals surface area contributed by atoms with Crippen LogP contribution in [0.25, 0.3) is 11.3 Å². The van der Waals surface area contributed by atoms with Crippen LogP contribution in [-0.4, -0.2) is 52.8 Å². The van der Waals surface area contributed by atoms with E-state index in [0.717, 1.165) is 18.7 Å². The highest BCUT2D eigenvalue weighted by Crippen LogP contribution is 2.44. The summed E-state index contributed by atoms with van der Waals surface area (Å²) >= 11 is 0. The lowest BCUT2D eigenvalue weighted by atomic mass is 9.99. The molecule has 0 unspecified atom stereocenters. The number of benzene rings is 1. The SMILES string of the molecule is C#CCNc1nccc(NC(=O)N2c3nc(-c4cccc(C5(C(F)(F)F)NN5)c4)ccc3N3CC[C@H]2C3)n1. The van der Waals surface area contributed by atoms with Crippen LogP contribution in [0.2, 0.25) is 0 Å². The predicted molar refractivity (Wildman–Crippen MR) is 135 cm³/mol. The summed E-state index contributed by atoms with van der Waals surface area (Å²) in [6.07, 6.45) is 3.00. The molecule has 6 rings (SSSR count). The molecule has 0 radical (unpaired) electrons. The molecule has 0 aliphatic carbocycles. The van der Waals surface area contributed by atoms with Gasteiger partial charge in [0, 0.05) is 24.8 Å². The highest BCUT2D eigenvalue weighted by atomic mass is 19.4. The van der Waals surface area contributed by atoms with Crippen LogP contribution in [0.15, 0.2) is 48.7 Å². The first-order valence-electron chi connectivity index (χ1n) is 11.9. The van der Waals surface area contributed by atoms with Crippen LogP contribution in [-0.2, 0) is 5.66 Å².